The van der Waals surface area contributed by atoms with E-state index in [9.17, 15) is 16.8 Å². The first-order valence-corrected chi connectivity index (χ1v) is 11.4. The second-order valence-electron chi connectivity index (χ2n) is 6.16. The minimum absolute atomic E-state index is 0.0308. The second kappa shape index (κ2) is 7.95. The molecule has 1 aliphatic rings. The highest BCUT2D eigenvalue weighted by molar-refractivity contribution is 7.89. The van der Waals surface area contributed by atoms with Gasteiger partial charge in [0, 0.05) is 19.1 Å². The Morgan fingerprint density at radius 3 is 2.42 bits per heavy atom. The maximum Gasteiger partial charge on any atom is 0.243 e. The van der Waals surface area contributed by atoms with Gasteiger partial charge < -0.3 is 0 Å². The van der Waals surface area contributed by atoms with Crippen LogP contribution in [0.2, 0.25) is 0 Å². The van der Waals surface area contributed by atoms with Crippen LogP contribution in [0.1, 0.15) is 38.2 Å². The Kier molecular flexibility index (Phi) is 6.41. The Balaban J connectivity index is 2.12. The summed E-state index contributed by atoms with van der Waals surface area (Å²) in [5, 5.41) is 0. The zero-order valence-electron chi connectivity index (χ0n) is 14.2. The topological polar surface area (TPSA) is 83.6 Å². The van der Waals surface area contributed by atoms with Crippen molar-refractivity contribution in [3.05, 3.63) is 29.8 Å². The van der Waals surface area contributed by atoms with Crippen LogP contribution in [0.4, 0.5) is 0 Å². The number of nitrogens with zero attached hydrogens (tertiary/aromatic N) is 1. The average Bonchev–Trinajstić information content (AvgIpc) is 2.55. The van der Waals surface area contributed by atoms with Crippen molar-refractivity contribution in [3.63, 3.8) is 0 Å². The SMILES string of the molecule is CCS(=O)(=O)NCCC1CCCCN1S(=O)(=O)c1ccc(C)cc1. The molecular weight excluding hydrogens is 348 g/mol. The van der Waals surface area contributed by atoms with Crippen LogP contribution < -0.4 is 4.72 Å². The Labute approximate surface area is 145 Å². The van der Waals surface area contributed by atoms with Gasteiger partial charge in [0.15, 0.2) is 0 Å². The molecule has 24 heavy (non-hydrogen) atoms. The van der Waals surface area contributed by atoms with E-state index in [4.69, 9.17) is 0 Å². The zero-order chi connectivity index (χ0) is 17.8. The van der Waals surface area contributed by atoms with Gasteiger partial charge in [-0.25, -0.2) is 21.6 Å². The second-order valence-corrected chi connectivity index (χ2v) is 10.2. The molecule has 1 aromatic carbocycles. The van der Waals surface area contributed by atoms with Gasteiger partial charge in [-0.15, -0.1) is 0 Å². The van der Waals surface area contributed by atoms with E-state index in [-0.39, 0.29) is 18.3 Å². The molecule has 8 heteroatoms. The summed E-state index contributed by atoms with van der Waals surface area (Å²) in [5.41, 5.74) is 1.01. The Hall–Kier alpha value is -0.960. The number of rotatable bonds is 7. The van der Waals surface area contributed by atoms with Gasteiger partial charge in [0.2, 0.25) is 20.0 Å². The number of nitrogens with one attached hydrogen (secondary N) is 1. The molecule has 1 unspecified atom stereocenters. The van der Waals surface area contributed by atoms with Gasteiger partial charge in [-0.3, -0.25) is 0 Å². The van der Waals surface area contributed by atoms with Crippen molar-refractivity contribution in [1.82, 2.24) is 9.03 Å². The van der Waals surface area contributed by atoms with Gasteiger partial charge >= 0.3 is 0 Å². The van der Waals surface area contributed by atoms with Crippen molar-refractivity contribution in [1.29, 1.82) is 0 Å². The fraction of sp³-hybridized carbons (Fsp3) is 0.625. The number of sulfonamides is 2. The molecule has 0 bridgehead atoms. The average molecular weight is 375 g/mol. The van der Waals surface area contributed by atoms with Gasteiger partial charge in [0.1, 0.15) is 0 Å². The largest absolute Gasteiger partial charge is 0.243 e. The van der Waals surface area contributed by atoms with Gasteiger partial charge in [-0.2, -0.15) is 4.31 Å². The summed E-state index contributed by atoms with van der Waals surface area (Å²) in [4.78, 5) is 0.300. The van der Waals surface area contributed by atoms with Gasteiger partial charge in [-0.05, 0) is 45.2 Å². The number of hydrogen-bond acceptors (Lipinski definition) is 4. The van der Waals surface area contributed by atoms with Gasteiger partial charge in [0.25, 0.3) is 0 Å². The third-order valence-corrected chi connectivity index (χ3v) is 7.75. The number of hydrogen-bond donors (Lipinski definition) is 1. The van der Waals surface area contributed by atoms with Crippen molar-refractivity contribution < 1.29 is 16.8 Å². The van der Waals surface area contributed by atoms with Crippen molar-refractivity contribution >= 4 is 20.0 Å². The molecule has 1 heterocycles. The van der Waals surface area contributed by atoms with E-state index in [1.54, 1.807) is 35.5 Å². The predicted octanol–water partition coefficient (Wildman–Crippen LogP) is 1.87. The molecule has 0 spiro atoms. The van der Waals surface area contributed by atoms with Crippen molar-refractivity contribution in [2.45, 2.75) is 50.5 Å². The number of aryl methyl sites for hydroxylation is 1. The quantitative estimate of drug-likeness (QED) is 0.790. The maximum atomic E-state index is 12.9. The highest BCUT2D eigenvalue weighted by Gasteiger charge is 2.33. The standard InChI is InChI=1S/C16H26N2O4S2/c1-3-23(19,20)17-12-11-15-6-4-5-13-18(15)24(21,22)16-9-7-14(2)8-10-16/h7-10,15,17H,3-6,11-13H2,1-2H3. The Morgan fingerprint density at radius 1 is 1.12 bits per heavy atom. The summed E-state index contributed by atoms with van der Waals surface area (Å²) in [6.45, 7) is 4.25. The third kappa shape index (κ3) is 4.78. The molecule has 0 saturated carbocycles. The molecular formula is C16H26N2O4S2. The molecule has 0 aliphatic carbocycles. The third-order valence-electron chi connectivity index (χ3n) is 4.38. The molecule has 1 atom stereocenters. The van der Waals surface area contributed by atoms with E-state index in [0.29, 0.717) is 17.9 Å². The van der Waals surface area contributed by atoms with E-state index < -0.39 is 20.0 Å². The summed E-state index contributed by atoms with van der Waals surface area (Å²) in [5.74, 6) is 0.0308. The van der Waals surface area contributed by atoms with Crippen molar-refractivity contribution in [2.75, 3.05) is 18.8 Å². The van der Waals surface area contributed by atoms with Crippen LogP contribution in [-0.2, 0) is 20.0 Å². The molecule has 1 saturated heterocycles. The van der Waals surface area contributed by atoms with Crippen LogP contribution in [0.3, 0.4) is 0 Å². The summed E-state index contributed by atoms with van der Waals surface area (Å²) < 4.78 is 53.0. The molecule has 1 aromatic rings. The number of piperidine rings is 1. The van der Waals surface area contributed by atoms with E-state index in [0.717, 1.165) is 24.8 Å². The first kappa shape index (κ1) is 19.4. The summed E-state index contributed by atoms with van der Waals surface area (Å²) in [7, 11) is -6.79. The lowest BCUT2D eigenvalue weighted by Gasteiger charge is -2.34. The van der Waals surface area contributed by atoms with E-state index >= 15 is 0 Å². The molecule has 1 fully saturated rings. The molecule has 6 nitrogen and oxygen atoms in total. The van der Waals surface area contributed by atoms with Gasteiger partial charge in [0.05, 0.1) is 10.6 Å². The van der Waals surface area contributed by atoms with Crippen LogP contribution in [0, 0.1) is 6.92 Å². The van der Waals surface area contributed by atoms with E-state index in [2.05, 4.69) is 4.72 Å². The van der Waals surface area contributed by atoms with Crippen LogP contribution in [0.5, 0.6) is 0 Å². The Bertz CT molecular complexity index is 743. The highest BCUT2D eigenvalue weighted by atomic mass is 32.2. The van der Waals surface area contributed by atoms with Crippen molar-refractivity contribution in [3.8, 4) is 0 Å². The number of benzene rings is 1. The fourth-order valence-electron chi connectivity index (χ4n) is 2.91. The molecule has 0 amide bonds. The first-order chi connectivity index (χ1) is 11.3. The molecule has 0 aromatic heterocycles. The van der Waals surface area contributed by atoms with Crippen LogP contribution in [0.15, 0.2) is 29.2 Å². The maximum absolute atomic E-state index is 12.9. The lowest BCUT2D eigenvalue weighted by Crippen LogP contribution is -2.45. The lowest BCUT2D eigenvalue weighted by molar-refractivity contribution is 0.242. The highest BCUT2D eigenvalue weighted by Crippen LogP contribution is 2.27. The zero-order valence-corrected chi connectivity index (χ0v) is 15.9. The normalized spacial score (nSPS) is 20.2. The molecule has 2 rings (SSSR count). The fourth-order valence-corrected chi connectivity index (χ4v) is 5.26. The minimum Gasteiger partial charge on any atom is -0.215 e. The lowest BCUT2D eigenvalue weighted by atomic mass is 10.0. The van der Waals surface area contributed by atoms with E-state index in [1.165, 1.54) is 0 Å². The molecule has 0 radical (unpaired) electrons. The monoisotopic (exact) mass is 374 g/mol. The summed E-state index contributed by atoms with van der Waals surface area (Å²) in [6, 6.07) is 6.69. The molecule has 1 N–H and O–H groups in total. The minimum atomic E-state index is -3.54. The van der Waals surface area contributed by atoms with Crippen molar-refractivity contribution in [2.24, 2.45) is 0 Å². The molecule has 136 valence electrons. The van der Waals surface area contributed by atoms with Crippen LogP contribution in [-0.4, -0.2) is 46.0 Å². The van der Waals surface area contributed by atoms with Crippen LogP contribution >= 0.6 is 0 Å². The smallest absolute Gasteiger partial charge is 0.215 e. The first-order valence-electron chi connectivity index (χ1n) is 8.32. The summed E-state index contributed by atoms with van der Waals surface area (Å²) >= 11 is 0. The Morgan fingerprint density at radius 2 is 1.79 bits per heavy atom. The molecule has 1 aliphatic heterocycles. The van der Waals surface area contributed by atoms with Gasteiger partial charge in [-0.1, -0.05) is 24.1 Å². The van der Waals surface area contributed by atoms with Crippen LogP contribution in [0.25, 0.3) is 0 Å². The predicted molar refractivity (Wildman–Crippen MR) is 94.8 cm³/mol. The summed E-state index contributed by atoms with van der Waals surface area (Å²) in [6.07, 6.45) is 3.05. The van der Waals surface area contributed by atoms with E-state index in [1.807, 2.05) is 6.92 Å².